The summed E-state index contributed by atoms with van der Waals surface area (Å²) in [6, 6.07) is 9.07. The van der Waals surface area contributed by atoms with Gasteiger partial charge < -0.3 is 4.74 Å². The van der Waals surface area contributed by atoms with Crippen LogP contribution in [0.25, 0.3) is 0 Å². The van der Waals surface area contributed by atoms with Gasteiger partial charge in [-0.25, -0.2) is 4.39 Å². The maximum Gasteiger partial charge on any atom is 0.165 e. The summed E-state index contributed by atoms with van der Waals surface area (Å²) >= 11 is 0. The van der Waals surface area contributed by atoms with Gasteiger partial charge in [-0.3, -0.25) is 5.32 Å². The molecule has 2 atom stereocenters. The third-order valence-electron chi connectivity index (χ3n) is 3.21. The molecule has 0 saturated heterocycles. The minimum Gasteiger partial charge on any atom is -0.488 e. The monoisotopic (exact) mass is 262 g/mol. The number of halogens is 1. The first-order valence-corrected chi connectivity index (χ1v) is 6.62. The average molecular weight is 262 g/mol. The molecular weight excluding hydrogens is 243 g/mol. The molecule has 19 heavy (non-hydrogen) atoms. The molecule has 0 aromatic heterocycles. The van der Waals surface area contributed by atoms with E-state index in [-0.39, 0.29) is 17.7 Å². The summed E-state index contributed by atoms with van der Waals surface area (Å²) in [4.78, 5) is 0. The topological polar surface area (TPSA) is 45.0 Å². The molecule has 1 fully saturated rings. The molecule has 0 spiro atoms. The first-order chi connectivity index (χ1) is 9.02. The van der Waals surface area contributed by atoms with Crippen molar-refractivity contribution in [2.45, 2.75) is 50.8 Å². The molecule has 2 rings (SSSR count). The van der Waals surface area contributed by atoms with Gasteiger partial charge in [0.1, 0.15) is 5.54 Å². The van der Waals surface area contributed by atoms with E-state index in [4.69, 9.17) is 4.74 Å². The Bertz CT molecular complexity index is 481. The van der Waals surface area contributed by atoms with Crippen molar-refractivity contribution >= 4 is 0 Å². The standard InChI is InChI=1S/C15H19FN2O/c1-11(19-14-6-4-3-5-13(14)16)9-15(2,10-17)18-12-7-8-12/h3-6,11-12,18H,7-9H2,1-2H3. The van der Waals surface area contributed by atoms with Gasteiger partial charge in [0.2, 0.25) is 0 Å². The Labute approximate surface area is 113 Å². The summed E-state index contributed by atoms with van der Waals surface area (Å²) < 4.78 is 19.1. The van der Waals surface area contributed by atoms with E-state index in [9.17, 15) is 9.65 Å². The number of para-hydroxylation sites is 1. The van der Waals surface area contributed by atoms with Crippen molar-refractivity contribution in [1.82, 2.24) is 5.32 Å². The molecule has 0 heterocycles. The lowest BCUT2D eigenvalue weighted by atomic mass is 9.96. The van der Waals surface area contributed by atoms with Crippen molar-refractivity contribution in [3.63, 3.8) is 0 Å². The van der Waals surface area contributed by atoms with Crippen molar-refractivity contribution < 1.29 is 9.13 Å². The van der Waals surface area contributed by atoms with Gasteiger partial charge in [-0.15, -0.1) is 0 Å². The van der Waals surface area contributed by atoms with E-state index in [2.05, 4.69) is 11.4 Å². The molecule has 1 N–H and O–H groups in total. The summed E-state index contributed by atoms with van der Waals surface area (Å²) in [6.45, 7) is 3.73. The summed E-state index contributed by atoms with van der Waals surface area (Å²) in [6.07, 6.45) is 2.54. The highest BCUT2D eigenvalue weighted by atomic mass is 19.1. The van der Waals surface area contributed by atoms with Crippen LogP contribution in [0.15, 0.2) is 24.3 Å². The van der Waals surface area contributed by atoms with E-state index >= 15 is 0 Å². The SMILES string of the molecule is CC(CC(C)(C#N)NC1CC1)Oc1ccccc1F. The number of ether oxygens (including phenoxy) is 1. The van der Waals surface area contributed by atoms with Crippen LogP contribution in [0.5, 0.6) is 5.75 Å². The fraction of sp³-hybridized carbons (Fsp3) is 0.533. The molecule has 1 aliphatic rings. The van der Waals surface area contributed by atoms with Gasteiger partial charge >= 0.3 is 0 Å². The Morgan fingerprint density at radius 3 is 2.79 bits per heavy atom. The van der Waals surface area contributed by atoms with Gasteiger partial charge in [0.05, 0.1) is 12.2 Å². The summed E-state index contributed by atoms with van der Waals surface area (Å²) in [5.41, 5.74) is -0.619. The van der Waals surface area contributed by atoms with E-state index in [0.717, 1.165) is 12.8 Å². The molecule has 102 valence electrons. The lowest BCUT2D eigenvalue weighted by molar-refractivity contribution is 0.172. The van der Waals surface area contributed by atoms with Gasteiger partial charge in [-0.2, -0.15) is 5.26 Å². The van der Waals surface area contributed by atoms with E-state index in [0.29, 0.717) is 12.5 Å². The lowest BCUT2D eigenvalue weighted by Gasteiger charge is -2.27. The van der Waals surface area contributed by atoms with Crippen LogP contribution in [-0.2, 0) is 0 Å². The number of nitrogens with one attached hydrogen (secondary N) is 1. The fourth-order valence-corrected chi connectivity index (χ4v) is 2.19. The molecule has 2 unspecified atom stereocenters. The molecule has 0 amide bonds. The average Bonchev–Trinajstić information content (AvgIpc) is 3.15. The first-order valence-electron chi connectivity index (χ1n) is 6.62. The van der Waals surface area contributed by atoms with Crippen LogP contribution in [0.3, 0.4) is 0 Å². The smallest absolute Gasteiger partial charge is 0.165 e. The molecule has 3 nitrogen and oxygen atoms in total. The van der Waals surface area contributed by atoms with E-state index < -0.39 is 5.54 Å². The van der Waals surface area contributed by atoms with Gasteiger partial charge in [0.15, 0.2) is 11.6 Å². The number of hydrogen-bond donors (Lipinski definition) is 1. The summed E-state index contributed by atoms with van der Waals surface area (Å²) in [5, 5.41) is 12.6. The van der Waals surface area contributed by atoms with Gasteiger partial charge in [-0.05, 0) is 38.8 Å². The molecule has 1 aromatic rings. The largest absolute Gasteiger partial charge is 0.488 e. The molecule has 1 saturated carbocycles. The predicted octanol–water partition coefficient (Wildman–Crippen LogP) is 3.02. The minimum atomic E-state index is -0.619. The molecule has 4 heteroatoms. The van der Waals surface area contributed by atoms with Crippen molar-refractivity contribution in [2.75, 3.05) is 0 Å². The van der Waals surface area contributed by atoms with Crippen molar-refractivity contribution in [3.8, 4) is 11.8 Å². The van der Waals surface area contributed by atoms with Crippen LogP contribution in [0, 0.1) is 17.1 Å². The fourth-order valence-electron chi connectivity index (χ4n) is 2.19. The van der Waals surface area contributed by atoms with Crippen molar-refractivity contribution in [1.29, 1.82) is 5.26 Å². The van der Waals surface area contributed by atoms with Crippen LogP contribution in [0.1, 0.15) is 33.1 Å². The Hall–Kier alpha value is -1.60. The van der Waals surface area contributed by atoms with Crippen LogP contribution in [0.2, 0.25) is 0 Å². The Kier molecular flexibility index (Phi) is 4.06. The molecule has 0 aliphatic heterocycles. The maximum atomic E-state index is 13.5. The summed E-state index contributed by atoms with van der Waals surface area (Å²) in [5.74, 6) is -0.134. The zero-order chi connectivity index (χ0) is 13.9. The highest BCUT2D eigenvalue weighted by Crippen LogP contribution is 2.26. The number of hydrogen-bond acceptors (Lipinski definition) is 3. The zero-order valence-corrected chi connectivity index (χ0v) is 11.3. The van der Waals surface area contributed by atoms with Crippen molar-refractivity contribution in [2.24, 2.45) is 0 Å². The summed E-state index contributed by atoms with van der Waals surface area (Å²) in [7, 11) is 0. The predicted molar refractivity (Wildman–Crippen MR) is 71.3 cm³/mol. The van der Waals surface area contributed by atoms with Gasteiger partial charge in [0.25, 0.3) is 0 Å². The van der Waals surface area contributed by atoms with Crippen LogP contribution < -0.4 is 10.1 Å². The second-order valence-electron chi connectivity index (χ2n) is 5.43. The molecule has 0 bridgehead atoms. The van der Waals surface area contributed by atoms with Gasteiger partial charge in [0, 0.05) is 12.5 Å². The zero-order valence-electron chi connectivity index (χ0n) is 11.3. The Morgan fingerprint density at radius 2 is 2.21 bits per heavy atom. The normalized spacial score (nSPS) is 19.3. The Morgan fingerprint density at radius 1 is 1.53 bits per heavy atom. The molecule has 0 radical (unpaired) electrons. The third-order valence-corrected chi connectivity index (χ3v) is 3.21. The van der Waals surface area contributed by atoms with Crippen molar-refractivity contribution in [3.05, 3.63) is 30.1 Å². The molecule has 1 aliphatic carbocycles. The number of nitrogens with zero attached hydrogens (tertiary/aromatic N) is 1. The number of benzene rings is 1. The van der Waals surface area contributed by atoms with Crippen LogP contribution in [0.4, 0.5) is 4.39 Å². The highest BCUT2D eigenvalue weighted by Gasteiger charge is 2.34. The second-order valence-corrected chi connectivity index (χ2v) is 5.43. The van der Waals surface area contributed by atoms with Crippen LogP contribution >= 0.6 is 0 Å². The lowest BCUT2D eigenvalue weighted by Crippen LogP contribution is -2.45. The molecular formula is C15H19FN2O. The highest BCUT2D eigenvalue weighted by molar-refractivity contribution is 5.24. The molecule has 1 aromatic carbocycles. The number of nitriles is 1. The van der Waals surface area contributed by atoms with Gasteiger partial charge in [-0.1, -0.05) is 12.1 Å². The van der Waals surface area contributed by atoms with E-state index in [1.165, 1.54) is 6.07 Å². The minimum absolute atomic E-state index is 0.229. The third kappa shape index (κ3) is 3.93. The van der Waals surface area contributed by atoms with E-state index in [1.54, 1.807) is 18.2 Å². The first kappa shape index (κ1) is 13.8. The maximum absolute atomic E-state index is 13.5. The number of rotatable bonds is 6. The Balaban J connectivity index is 1.94. The second kappa shape index (κ2) is 5.58. The quantitative estimate of drug-likeness (QED) is 0.857. The van der Waals surface area contributed by atoms with E-state index in [1.807, 2.05) is 13.8 Å². The van der Waals surface area contributed by atoms with Crippen LogP contribution in [-0.4, -0.2) is 17.7 Å².